The van der Waals surface area contributed by atoms with Gasteiger partial charge in [-0.15, -0.1) is 0 Å². The van der Waals surface area contributed by atoms with Gasteiger partial charge in [0.05, 0.1) is 6.42 Å². The van der Waals surface area contributed by atoms with E-state index in [2.05, 4.69) is 5.32 Å². The molecule has 160 valence electrons. The molecule has 1 fully saturated rings. The Hall–Kier alpha value is -2.40. The van der Waals surface area contributed by atoms with Crippen molar-refractivity contribution >= 4 is 23.4 Å². The third kappa shape index (κ3) is 6.05. The second kappa shape index (κ2) is 10.6. The standard InChI is InChI=1S/C24H28ClFN2O2/c1-2-22(24(30)27-21-5-3-4-6-21)28(16-18-9-13-20(26)14-10-18)23(29)15-17-7-11-19(25)12-8-17/h7-14,21-22H,2-6,15-16H2,1H3,(H,27,30). The number of halogens is 2. The van der Waals surface area contributed by atoms with E-state index in [9.17, 15) is 14.0 Å². The molecule has 0 aromatic heterocycles. The van der Waals surface area contributed by atoms with E-state index in [1.54, 1.807) is 29.2 Å². The Morgan fingerprint density at radius 3 is 2.27 bits per heavy atom. The first kappa shape index (κ1) is 22.3. The third-order valence-corrected chi connectivity index (χ3v) is 5.87. The molecular weight excluding hydrogens is 403 g/mol. The molecule has 2 amide bonds. The highest BCUT2D eigenvalue weighted by molar-refractivity contribution is 6.30. The van der Waals surface area contributed by atoms with Crippen LogP contribution in [-0.2, 0) is 22.6 Å². The lowest BCUT2D eigenvalue weighted by Gasteiger charge is -2.31. The molecule has 2 aromatic rings. The van der Waals surface area contributed by atoms with Crippen LogP contribution < -0.4 is 5.32 Å². The third-order valence-electron chi connectivity index (χ3n) is 5.62. The van der Waals surface area contributed by atoms with Gasteiger partial charge in [-0.3, -0.25) is 9.59 Å². The summed E-state index contributed by atoms with van der Waals surface area (Å²) in [5, 5.41) is 3.73. The molecule has 0 heterocycles. The minimum atomic E-state index is -0.574. The van der Waals surface area contributed by atoms with E-state index >= 15 is 0 Å². The highest BCUT2D eigenvalue weighted by Gasteiger charge is 2.30. The van der Waals surface area contributed by atoms with Crippen LogP contribution in [0.3, 0.4) is 0 Å². The molecule has 1 N–H and O–H groups in total. The Balaban J connectivity index is 1.80. The molecule has 6 heteroatoms. The summed E-state index contributed by atoms with van der Waals surface area (Å²) in [7, 11) is 0. The van der Waals surface area contributed by atoms with Gasteiger partial charge in [-0.25, -0.2) is 4.39 Å². The Labute approximate surface area is 182 Å². The van der Waals surface area contributed by atoms with Crippen molar-refractivity contribution in [2.75, 3.05) is 0 Å². The van der Waals surface area contributed by atoms with Crippen LogP contribution in [0, 0.1) is 5.82 Å². The summed E-state index contributed by atoms with van der Waals surface area (Å²) in [4.78, 5) is 27.9. The van der Waals surface area contributed by atoms with Crippen molar-refractivity contribution in [1.82, 2.24) is 10.2 Å². The molecule has 3 rings (SSSR count). The van der Waals surface area contributed by atoms with Gasteiger partial charge in [0.15, 0.2) is 0 Å². The average molecular weight is 431 g/mol. The molecule has 1 aliphatic carbocycles. The number of benzene rings is 2. The van der Waals surface area contributed by atoms with Crippen molar-refractivity contribution in [2.45, 2.75) is 64.1 Å². The summed E-state index contributed by atoms with van der Waals surface area (Å²) < 4.78 is 13.3. The molecule has 1 saturated carbocycles. The summed E-state index contributed by atoms with van der Waals surface area (Å²) in [5.74, 6) is -0.588. The quantitative estimate of drug-likeness (QED) is 0.648. The zero-order chi connectivity index (χ0) is 21.5. The van der Waals surface area contributed by atoms with Crippen LogP contribution in [0.1, 0.15) is 50.2 Å². The Morgan fingerprint density at radius 2 is 1.67 bits per heavy atom. The maximum Gasteiger partial charge on any atom is 0.243 e. The number of nitrogens with zero attached hydrogens (tertiary/aromatic N) is 1. The van der Waals surface area contributed by atoms with Crippen molar-refractivity contribution in [3.63, 3.8) is 0 Å². The van der Waals surface area contributed by atoms with Crippen LogP contribution in [-0.4, -0.2) is 28.8 Å². The van der Waals surface area contributed by atoms with E-state index in [1.165, 1.54) is 12.1 Å². The van der Waals surface area contributed by atoms with Crippen LogP contribution in [0.15, 0.2) is 48.5 Å². The highest BCUT2D eigenvalue weighted by atomic mass is 35.5. The minimum absolute atomic E-state index is 0.115. The number of nitrogens with one attached hydrogen (secondary N) is 1. The van der Waals surface area contributed by atoms with Crippen molar-refractivity contribution in [3.8, 4) is 0 Å². The van der Waals surface area contributed by atoms with Gasteiger partial charge in [0.2, 0.25) is 11.8 Å². The van der Waals surface area contributed by atoms with Gasteiger partial charge in [-0.2, -0.15) is 0 Å². The molecule has 0 aliphatic heterocycles. The Morgan fingerprint density at radius 1 is 1.07 bits per heavy atom. The van der Waals surface area contributed by atoms with E-state index in [0.717, 1.165) is 36.8 Å². The summed E-state index contributed by atoms with van der Waals surface area (Å²) in [6, 6.07) is 12.8. The molecule has 1 aliphatic rings. The summed E-state index contributed by atoms with van der Waals surface area (Å²) in [5.41, 5.74) is 1.62. The first-order valence-electron chi connectivity index (χ1n) is 10.5. The SMILES string of the molecule is CCC(C(=O)NC1CCCC1)N(Cc1ccc(F)cc1)C(=O)Cc1ccc(Cl)cc1. The van der Waals surface area contributed by atoms with Gasteiger partial charge in [-0.05, 0) is 54.7 Å². The number of carbonyl (C=O) groups excluding carboxylic acids is 2. The van der Waals surface area contributed by atoms with Gasteiger partial charge >= 0.3 is 0 Å². The van der Waals surface area contributed by atoms with Crippen molar-refractivity contribution in [1.29, 1.82) is 0 Å². The number of carbonyl (C=O) groups is 2. The minimum Gasteiger partial charge on any atom is -0.352 e. The monoisotopic (exact) mass is 430 g/mol. The first-order valence-corrected chi connectivity index (χ1v) is 10.9. The van der Waals surface area contributed by atoms with Crippen LogP contribution in [0.2, 0.25) is 5.02 Å². The van der Waals surface area contributed by atoms with Gasteiger partial charge in [0.1, 0.15) is 11.9 Å². The highest BCUT2D eigenvalue weighted by Crippen LogP contribution is 2.20. The summed E-state index contributed by atoms with van der Waals surface area (Å²) in [6.45, 7) is 2.16. The van der Waals surface area contributed by atoms with Crippen LogP contribution in [0.5, 0.6) is 0 Å². The van der Waals surface area contributed by atoms with E-state index in [1.807, 2.05) is 19.1 Å². The lowest BCUT2D eigenvalue weighted by molar-refractivity contribution is -0.141. The topological polar surface area (TPSA) is 49.4 Å². The predicted octanol–water partition coefficient (Wildman–Crippen LogP) is 4.89. The largest absolute Gasteiger partial charge is 0.352 e. The average Bonchev–Trinajstić information content (AvgIpc) is 3.24. The molecule has 0 spiro atoms. The van der Waals surface area contributed by atoms with E-state index < -0.39 is 6.04 Å². The van der Waals surface area contributed by atoms with E-state index in [0.29, 0.717) is 11.4 Å². The second-order valence-electron chi connectivity index (χ2n) is 7.87. The molecular formula is C24H28ClFN2O2. The molecule has 4 nitrogen and oxygen atoms in total. The fourth-order valence-corrected chi connectivity index (χ4v) is 4.08. The summed E-state index contributed by atoms with van der Waals surface area (Å²) >= 11 is 5.95. The van der Waals surface area contributed by atoms with E-state index in [4.69, 9.17) is 11.6 Å². The fraction of sp³-hybridized carbons (Fsp3) is 0.417. The van der Waals surface area contributed by atoms with Gasteiger partial charge in [0.25, 0.3) is 0 Å². The maximum absolute atomic E-state index is 13.3. The zero-order valence-corrected chi connectivity index (χ0v) is 18.0. The van der Waals surface area contributed by atoms with Crippen LogP contribution >= 0.6 is 11.6 Å². The van der Waals surface area contributed by atoms with Crippen molar-refractivity contribution in [2.24, 2.45) is 0 Å². The van der Waals surface area contributed by atoms with Crippen molar-refractivity contribution < 1.29 is 14.0 Å². The lowest BCUT2D eigenvalue weighted by Crippen LogP contribution is -2.51. The molecule has 0 saturated heterocycles. The predicted molar refractivity (Wildman–Crippen MR) is 117 cm³/mol. The van der Waals surface area contributed by atoms with Crippen molar-refractivity contribution in [3.05, 3.63) is 70.5 Å². The molecule has 1 unspecified atom stereocenters. The number of hydrogen-bond donors (Lipinski definition) is 1. The molecule has 0 bridgehead atoms. The Kier molecular flexibility index (Phi) is 7.86. The summed E-state index contributed by atoms with van der Waals surface area (Å²) in [6.07, 6.45) is 4.89. The van der Waals surface area contributed by atoms with Gasteiger partial charge in [-0.1, -0.05) is 55.6 Å². The zero-order valence-electron chi connectivity index (χ0n) is 17.2. The number of amides is 2. The van der Waals surface area contributed by atoms with E-state index in [-0.39, 0.29) is 36.6 Å². The molecule has 2 aromatic carbocycles. The molecule has 0 radical (unpaired) electrons. The second-order valence-corrected chi connectivity index (χ2v) is 8.30. The molecule has 30 heavy (non-hydrogen) atoms. The molecule has 1 atom stereocenters. The maximum atomic E-state index is 13.3. The number of hydrogen-bond acceptors (Lipinski definition) is 2. The smallest absolute Gasteiger partial charge is 0.243 e. The van der Waals surface area contributed by atoms with Crippen LogP contribution in [0.25, 0.3) is 0 Å². The lowest BCUT2D eigenvalue weighted by atomic mass is 10.1. The first-order chi connectivity index (χ1) is 14.5. The Bertz CT molecular complexity index is 849. The van der Waals surface area contributed by atoms with Gasteiger partial charge in [0, 0.05) is 17.6 Å². The normalized spacial score (nSPS) is 15.0. The number of rotatable bonds is 8. The van der Waals surface area contributed by atoms with Crippen LogP contribution in [0.4, 0.5) is 4.39 Å². The van der Waals surface area contributed by atoms with Gasteiger partial charge < -0.3 is 10.2 Å². The fourth-order valence-electron chi connectivity index (χ4n) is 3.95.